The summed E-state index contributed by atoms with van der Waals surface area (Å²) in [6.45, 7) is 3.81. The van der Waals surface area contributed by atoms with Crippen molar-refractivity contribution in [2.24, 2.45) is 0 Å². The topological polar surface area (TPSA) is 78.4 Å². The van der Waals surface area contributed by atoms with Crippen LogP contribution in [-0.4, -0.2) is 23.0 Å². The molecule has 0 spiro atoms. The highest BCUT2D eigenvalue weighted by Gasteiger charge is 2.23. The van der Waals surface area contributed by atoms with E-state index in [1.807, 2.05) is 62.4 Å². The molecular weight excluding hydrogens is 304 g/mol. The van der Waals surface area contributed by atoms with Gasteiger partial charge in [0.1, 0.15) is 6.04 Å². The molecule has 0 aliphatic carbocycles. The molecule has 0 bridgehead atoms. The number of aliphatic carboxylic acids is 1. The molecule has 0 saturated carbocycles. The predicted octanol–water partition coefficient (Wildman–Crippen LogP) is 3.13. The quantitative estimate of drug-likeness (QED) is 0.730. The smallest absolute Gasteiger partial charge is 0.321 e. The van der Waals surface area contributed by atoms with Crippen LogP contribution in [0.3, 0.4) is 0 Å². The standard InChI is InChI=1S/C19H22N2O3/c1-13-7-6-10-16(11-13)21-18(22)12-17(19(23)24)20-14(2)15-8-4-3-5-9-15/h3-11,14,17,20H,12H2,1-2H3,(H,21,22)(H,23,24)/t14-,17+/m1/s1. The molecule has 1 amide bonds. The van der Waals surface area contributed by atoms with E-state index in [2.05, 4.69) is 10.6 Å². The van der Waals surface area contributed by atoms with E-state index >= 15 is 0 Å². The highest BCUT2D eigenvalue weighted by molar-refractivity contribution is 5.94. The molecule has 2 aromatic carbocycles. The van der Waals surface area contributed by atoms with Crippen LogP contribution in [0.4, 0.5) is 5.69 Å². The number of carbonyl (C=O) groups excluding carboxylic acids is 1. The molecule has 2 atom stereocenters. The van der Waals surface area contributed by atoms with Crippen molar-refractivity contribution in [1.82, 2.24) is 5.32 Å². The van der Waals surface area contributed by atoms with E-state index in [1.54, 1.807) is 6.07 Å². The van der Waals surface area contributed by atoms with Crippen molar-refractivity contribution < 1.29 is 14.7 Å². The van der Waals surface area contributed by atoms with Crippen molar-refractivity contribution in [2.45, 2.75) is 32.4 Å². The minimum atomic E-state index is -1.04. The zero-order valence-corrected chi connectivity index (χ0v) is 13.8. The van der Waals surface area contributed by atoms with Gasteiger partial charge in [0.15, 0.2) is 0 Å². The number of anilines is 1. The van der Waals surface area contributed by atoms with Gasteiger partial charge >= 0.3 is 5.97 Å². The van der Waals surface area contributed by atoms with Crippen LogP contribution in [0, 0.1) is 6.92 Å². The molecule has 5 heteroatoms. The lowest BCUT2D eigenvalue weighted by molar-refractivity contribution is -0.141. The van der Waals surface area contributed by atoms with Gasteiger partial charge in [0.25, 0.3) is 0 Å². The van der Waals surface area contributed by atoms with Crippen LogP contribution >= 0.6 is 0 Å². The third-order valence-electron chi connectivity index (χ3n) is 3.74. The van der Waals surface area contributed by atoms with Gasteiger partial charge < -0.3 is 10.4 Å². The van der Waals surface area contributed by atoms with Gasteiger partial charge in [-0.3, -0.25) is 14.9 Å². The number of carbonyl (C=O) groups is 2. The van der Waals surface area contributed by atoms with Gasteiger partial charge in [0.2, 0.25) is 5.91 Å². The largest absolute Gasteiger partial charge is 0.480 e. The van der Waals surface area contributed by atoms with Crippen molar-refractivity contribution in [3.8, 4) is 0 Å². The van der Waals surface area contributed by atoms with Crippen molar-refractivity contribution in [3.63, 3.8) is 0 Å². The van der Waals surface area contributed by atoms with Crippen molar-refractivity contribution >= 4 is 17.6 Å². The van der Waals surface area contributed by atoms with Crippen molar-refractivity contribution in [3.05, 3.63) is 65.7 Å². The van der Waals surface area contributed by atoms with Crippen LogP contribution in [0.1, 0.15) is 30.5 Å². The summed E-state index contributed by atoms with van der Waals surface area (Å²) in [4.78, 5) is 23.6. The summed E-state index contributed by atoms with van der Waals surface area (Å²) in [5, 5.41) is 15.1. The Morgan fingerprint density at radius 3 is 2.42 bits per heavy atom. The lowest BCUT2D eigenvalue weighted by Gasteiger charge is -2.20. The first-order valence-corrected chi connectivity index (χ1v) is 7.86. The SMILES string of the molecule is Cc1cccc(NC(=O)C[C@H](N[C@H](C)c2ccccc2)C(=O)O)c1. The Kier molecular flexibility index (Phi) is 6.09. The number of amides is 1. The minimum absolute atomic E-state index is 0.138. The van der Waals surface area contributed by atoms with Gasteiger partial charge in [-0.15, -0.1) is 0 Å². The van der Waals surface area contributed by atoms with Gasteiger partial charge in [0, 0.05) is 11.7 Å². The van der Waals surface area contributed by atoms with E-state index in [-0.39, 0.29) is 18.4 Å². The number of carboxylic acids is 1. The van der Waals surface area contributed by atoms with Crippen LogP contribution in [0.5, 0.6) is 0 Å². The first kappa shape index (κ1) is 17.7. The fourth-order valence-corrected chi connectivity index (χ4v) is 2.48. The fraction of sp³-hybridized carbons (Fsp3) is 0.263. The molecule has 0 fully saturated rings. The highest BCUT2D eigenvalue weighted by Crippen LogP contribution is 2.14. The van der Waals surface area contributed by atoms with Gasteiger partial charge in [-0.05, 0) is 37.1 Å². The van der Waals surface area contributed by atoms with Crippen LogP contribution in [-0.2, 0) is 9.59 Å². The summed E-state index contributed by atoms with van der Waals surface area (Å²) in [7, 11) is 0. The molecule has 0 aromatic heterocycles. The zero-order chi connectivity index (χ0) is 17.5. The number of carboxylic acid groups (broad SMARTS) is 1. The van der Waals surface area contributed by atoms with Crippen molar-refractivity contribution in [2.75, 3.05) is 5.32 Å². The molecule has 126 valence electrons. The Morgan fingerprint density at radius 2 is 1.79 bits per heavy atom. The van der Waals surface area contributed by atoms with E-state index in [9.17, 15) is 14.7 Å². The fourth-order valence-electron chi connectivity index (χ4n) is 2.48. The Hall–Kier alpha value is -2.66. The lowest BCUT2D eigenvalue weighted by Crippen LogP contribution is -2.41. The summed E-state index contributed by atoms with van der Waals surface area (Å²) >= 11 is 0. The van der Waals surface area contributed by atoms with Crippen LogP contribution in [0.2, 0.25) is 0 Å². The van der Waals surface area contributed by atoms with E-state index in [1.165, 1.54) is 0 Å². The molecule has 2 aromatic rings. The maximum Gasteiger partial charge on any atom is 0.321 e. The summed E-state index contributed by atoms with van der Waals surface area (Å²) < 4.78 is 0. The molecule has 2 rings (SSSR count). The van der Waals surface area contributed by atoms with E-state index < -0.39 is 12.0 Å². The maximum absolute atomic E-state index is 12.1. The van der Waals surface area contributed by atoms with E-state index in [0.29, 0.717) is 5.69 Å². The van der Waals surface area contributed by atoms with Crippen LogP contribution in [0.25, 0.3) is 0 Å². The maximum atomic E-state index is 12.1. The van der Waals surface area contributed by atoms with Crippen LogP contribution in [0.15, 0.2) is 54.6 Å². The molecule has 3 N–H and O–H groups in total. The van der Waals surface area contributed by atoms with E-state index in [4.69, 9.17) is 0 Å². The molecular formula is C19H22N2O3. The minimum Gasteiger partial charge on any atom is -0.480 e. The molecule has 0 saturated heterocycles. The van der Waals surface area contributed by atoms with Gasteiger partial charge in [-0.2, -0.15) is 0 Å². The van der Waals surface area contributed by atoms with Gasteiger partial charge in [-0.1, -0.05) is 42.5 Å². The number of aryl methyl sites for hydroxylation is 1. The highest BCUT2D eigenvalue weighted by atomic mass is 16.4. The zero-order valence-electron chi connectivity index (χ0n) is 13.8. The second-order valence-corrected chi connectivity index (χ2v) is 5.81. The summed E-state index contributed by atoms with van der Waals surface area (Å²) in [5.41, 5.74) is 2.67. The molecule has 5 nitrogen and oxygen atoms in total. The molecule has 0 heterocycles. The van der Waals surface area contributed by atoms with Crippen molar-refractivity contribution in [1.29, 1.82) is 0 Å². The molecule has 0 aliphatic heterocycles. The van der Waals surface area contributed by atoms with Crippen LogP contribution < -0.4 is 10.6 Å². The second-order valence-electron chi connectivity index (χ2n) is 5.81. The molecule has 0 unspecified atom stereocenters. The molecule has 0 aliphatic rings. The third-order valence-corrected chi connectivity index (χ3v) is 3.74. The summed E-state index contributed by atoms with van der Waals surface area (Å²) in [6, 6.07) is 15.8. The monoisotopic (exact) mass is 326 g/mol. The van der Waals surface area contributed by atoms with E-state index in [0.717, 1.165) is 11.1 Å². The molecule has 24 heavy (non-hydrogen) atoms. The normalized spacial score (nSPS) is 13.1. The number of benzene rings is 2. The summed E-state index contributed by atoms with van der Waals surface area (Å²) in [6.07, 6.45) is -0.138. The lowest BCUT2D eigenvalue weighted by atomic mass is 10.1. The van der Waals surface area contributed by atoms with Gasteiger partial charge in [-0.25, -0.2) is 0 Å². The Labute approximate surface area is 141 Å². The second kappa shape index (κ2) is 8.26. The predicted molar refractivity (Wildman–Crippen MR) is 93.8 cm³/mol. The summed E-state index contributed by atoms with van der Waals surface area (Å²) in [5.74, 6) is -1.38. The third kappa shape index (κ3) is 5.21. The Morgan fingerprint density at radius 1 is 1.08 bits per heavy atom. The number of nitrogens with one attached hydrogen (secondary N) is 2. The Bertz CT molecular complexity index is 701. The average Bonchev–Trinajstić information content (AvgIpc) is 2.54. The number of rotatable bonds is 7. The number of hydrogen-bond donors (Lipinski definition) is 3. The first-order chi connectivity index (χ1) is 11.5. The molecule has 0 radical (unpaired) electrons. The first-order valence-electron chi connectivity index (χ1n) is 7.86. The average molecular weight is 326 g/mol. The number of hydrogen-bond acceptors (Lipinski definition) is 3. The Balaban J connectivity index is 1.98. The van der Waals surface area contributed by atoms with Gasteiger partial charge in [0.05, 0.1) is 6.42 Å².